The van der Waals surface area contributed by atoms with Gasteiger partial charge >= 0.3 is 6.18 Å². The predicted molar refractivity (Wildman–Crippen MR) is 88.8 cm³/mol. The maximum Gasteiger partial charge on any atom is 0.418 e. The molecular weight excluding hydrogens is 337 g/mol. The first kappa shape index (κ1) is 18.4. The molecule has 0 saturated carbocycles. The third kappa shape index (κ3) is 4.34. The molecule has 0 aliphatic carbocycles. The van der Waals surface area contributed by atoms with E-state index in [1.165, 1.54) is 45.7 Å². The molecule has 0 aliphatic heterocycles. The lowest BCUT2D eigenvalue weighted by atomic mass is 10.2. The van der Waals surface area contributed by atoms with Crippen LogP contribution in [0.2, 0.25) is 0 Å². The van der Waals surface area contributed by atoms with E-state index in [0.29, 0.717) is 22.8 Å². The van der Waals surface area contributed by atoms with E-state index in [4.69, 9.17) is 14.2 Å². The third-order valence-corrected chi connectivity index (χ3v) is 3.32. The van der Waals surface area contributed by atoms with Gasteiger partial charge in [-0.25, -0.2) is 0 Å². The zero-order chi connectivity index (χ0) is 18.4. The van der Waals surface area contributed by atoms with Gasteiger partial charge in [-0.2, -0.15) is 18.3 Å². The van der Waals surface area contributed by atoms with Crippen molar-refractivity contribution in [2.24, 2.45) is 5.10 Å². The van der Waals surface area contributed by atoms with Crippen LogP contribution in [0.15, 0.2) is 41.5 Å². The van der Waals surface area contributed by atoms with Crippen LogP contribution in [0, 0.1) is 0 Å². The summed E-state index contributed by atoms with van der Waals surface area (Å²) >= 11 is 0. The molecule has 2 rings (SSSR count). The number of halogens is 3. The first-order valence-electron chi connectivity index (χ1n) is 7.16. The lowest BCUT2D eigenvalue weighted by molar-refractivity contribution is -0.136. The van der Waals surface area contributed by atoms with Crippen LogP contribution in [0.1, 0.15) is 11.1 Å². The molecule has 0 atom stereocenters. The first-order valence-corrected chi connectivity index (χ1v) is 7.16. The second-order valence-electron chi connectivity index (χ2n) is 4.87. The van der Waals surface area contributed by atoms with Gasteiger partial charge in [0.1, 0.15) is 0 Å². The lowest BCUT2D eigenvalue weighted by Gasteiger charge is -2.13. The molecular formula is C17H17F3N2O3. The number of anilines is 1. The van der Waals surface area contributed by atoms with Crippen LogP contribution < -0.4 is 19.6 Å². The number of hydrogen-bond acceptors (Lipinski definition) is 5. The maximum atomic E-state index is 12.9. The zero-order valence-corrected chi connectivity index (χ0v) is 13.8. The summed E-state index contributed by atoms with van der Waals surface area (Å²) in [5, 5.41) is 3.87. The standard InChI is InChI=1S/C17H17F3N2O3/c1-23-14-8-11(9-15(24-2)16(14)25-3)10-21-22-13-7-5-4-6-12(13)17(18,19)20/h4-10,22H,1-3H3/b21-10+. The number of ether oxygens (including phenoxy) is 3. The number of nitrogens with zero attached hydrogens (tertiary/aromatic N) is 1. The van der Waals surface area contributed by atoms with Crippen molar-refractivity contribution in [3.05, 3.63) is 47.5 Å². The summed E-state index contributed by atoms with van der Waals surface area (Å²) in [4.78, 5) is 0. The fraction of sp³-hybridized carbons (Fsp3) is 0.235. The van der Waals surface area contributed by atoms with Crippen molar-refractivity contribution in [3.63, 3.8) is 0 Å². The van der Waals surface area contributed by atoms with Gasteiger partial charge in [-0.3, -0.25) is 5.43 Å². The van der Waals surface area contributed by atoms with Gasteiger partial charge in [-0.1, -0.05) is 12.1 Å². The number of benzene rings is 2. The first-order chi connectivity index (χ1) is 11.9. The molecule has 0 radical (unpaired) electrons. The van der Waals surface area contributed by atoms with E-state index in [1.807, 2.05) is 0 Å². The van der Waals surface area contributed by atoms with E-state index in [2.05, 4.69) is 10.5 Å². The molecule has 2 aromatic carbocycles. The van der Waals surface area contributed by atoms with Crippen molar-refractivity contribution < 1.29 is 27.4 Å². The van der Waals surface area contributed by atoms with Crippen LogP contribution in [0.3, 0.4) is 0 Å². The predicted octanol–water partition coefficient (Wildman–Crippen LogP) is 4.18. The summed E-state index contributed by atoms with van der Waals surface area (Å²) in [7, 11) is 4.41. The summed E-state index contributed by atoms with van der Waals surface area (Å²) in [6.45, 7) is 0. The van der Waals surface area contributed by atoms with E-state index in [-0.39, 0.29) is 5.69 Å². The lowest BCUT2D eigenvalue weighted by Crippen LogP contribution is -2.08. The number of nitrogens with one attached hydrogen (secondary N) is 1. The summed E-state index contributed by atoms with van der Waals surface area (Å²) in [5.74, 6) is 1.25. The van der Waals surface area contributed by atoms with E-state index in [0.717, 1.165) is 6.07 Å². The highest BCUT2D eigenvalue weighted by atomic mass is 19.4. The Kier molecular flexibility index (Phi) is 5.74. The SMILES string of the molecule is COc1cc(/C=N/Nc2ccccc2C(F)(F)F)cc(OC)c1OC. The summed E-state index contributed by atoms with van der Waals surface area (Å²) in [6.07, 6.45) is -3.11. The number of hydrogen-bond donors (Lipinski definition) is 1. The second kappa shape index (κ2) is 7.78. The van der Waals surface area contributed by atoms with Crippen molar-refractivity contribution in [2.75, 3.05) is 26.8 Å². The average Bonchev–Trinajstić information content (AvgIpc) is 2.60. The minimum Gasteiger partial charge on any atom is -0.493 e. The minimum atomic E-state index is -4.47. The molecule has 0 fully saturated rings. The van der Waals surface area contributed by atoms with Gasteiger partial charge in [0, 0.05) is 5.56 Å². The molecule has 5 nitrogen and oxygen atoms in total. The molecule has 0 bridgehead atoms. The topological polar surface area (TPSA) is 52.1 Å². The second-order valence-corrected chi connectivity index (χ2v) is 4.87. The van der Waals surface area contributed by atoms with Crippen LogP contribution in [0.4, 0.5) is 18.9 Å². The molecule has 2 aromatic rings. The smallest absolute Gasteiger partial charge is 0.418 e. The molecule has 1 N–H and O–H groups in total. The van der Waals surface area contributed by atoms with Crippen LogP contribution >= 0.6 is 0 Å². The van der Waals surface area contributed by atoms with Gasteiger partial charge in [0.2, 0.25) is 5.75 Å². The van der Waals surface area contributed by atoms with Gasteiger partial charge in [0.05, 0.1) is 38.8 Å². The molecule has 0 saturated heterocycles. The van der Waals surface area contributed by atoms with Gasteiger partial charge in [0.25, 0.3) is 0 Å². The maximum absolute atomic E-state index is 12.9. The van der Waals surface area contributed by atoms with E-state index >= 15 is 0 Å². The van der Waals surface area contributed by atoms with Crippen LogP contribution in [-0.4, -0.2) is 27.5 Å². The summed E-state index contributed by atoms with van der Waals surface area (Å²) in [6, 6.07) is 8.35. The Morgan fingerprint density at radius 1 is 0.960 bits per heavy atom. The fourth-order valence-electron chi connectivity index (χ4n) is 2.18. The van der Waals surface area contributed by atoms with Crippen molar-refractivity contribution in [2.45, 2.75) is 6.18 Å². The number of rotatable bonds is 6. The summed E-state index contributed by atoms with van der Waals surface area (Å²) < 4.78 is 54.5. The zero-order valence-electron chi connectivity index (χ0n) is 13.8. The Morgan fingerprint density at radius 3 is 2.08 bits per heavy atom. The Hall–Kier alpha value is -2.90. The highest BCUT2D eigenvalue weighted by Gasteiger charge is 2.33. The van der Waals surface area contributed by atoms with Crippen molar-refractivity contribution in [3.8, 4) is 17.2 Å². The molecule has 8 heteroatoms. The van der Waals surface area contributed by atoms with Gasteiger partial charge in [-0.05, 0) is 24.3 Å². The van der Waals surface area contributed by atoms with Gasteiger partial charge < -0.3 is 14.2 Å². The number of methoxy groups -OCH3 is 3. The van der Waals surface area contributed by atoms with E-state index in [9.17, 15) is 13.2 Å². The number of para-hydroxylation sites is 1. The average molecular weight is 354 g/mol. The highest BCUT2D eigenvalue weighted by Crippen LogP contribution is 2.38. The van der Waals surface area contributed by atoms with Crippen LogP contribution in [0.5, 0.6) is 17.2 Å². The van der Waals surface area contributed by atoms with Gasteiger partial charge in [-0.15, -0.1) is 0 Å². The fourth-order valence-corrected chi connectivity index (χ4v) is 2.18. The molecule has 25 heavy (non-hydrogen) atoms. The third-order valence-electron chi connectivity index (χ3n) is 3.32. The summed E-state index contributed by atoms with van der Waals surface area (Å²) in [5.41, 5.74) is 2.04. The quantitative estimate of drug-likeness (QED) is 0.625. The van der Waals surface area contributed by atoms with Crippen molar-refractivity contribution in [1.82, 2.24) is 0 Å². The van der Waals surface area contributed by atoms with Crippen LogP contribution in [0.25, 0.3) is 0 Å². The molecule has 0 aliphatic rings. The molecule has 0 spiro atoms. The number of alkyl halides is 3. The van der Waals surface area contributed by atoms with E-state index in [1.54, 1.807) is 12.1 Å². The molecule has 134 valence electrons. The van der Waals surface area contributed by atoms with Crippen LogP contribution in [-0.2, 0) is 6.18 Å². The minimum absolute atomic E-state index is 0.140. The molecule has 0 unspecified atom stereocenters. The van der Waals surface area contributed by atoms with Crippen molar-refractivity contribution in [1.29, 1.82) is 0 Å². The normalized spacial score (nSPS) is 11.4. The molecule has 0 heterocycles. The highest BCUT2D eigenvalue weighted by molar-refractivity contribution is 5.83. The van der Waals surface area contributed by atoms with E-state index < -0.39 is 11.7 Å². The van der Waals surface area contributed by atoms with Gasteiger partial charge in [0.15, 0.2) is 11.5 Å². The molecule has 0 aromatic heterocycles. The largest absolute Gasteiger partial charge is 0.493 e. The Labute approximate surface area is 143 Å². The van der Waals surface area contributed by atoms with Crippen molar-refractivity contribution >= 4 is 11.9 Å². The Bertz CT molecular complexity index is 736. The monoisotopic (exact) mass is 354 g/mol. The molecule has 0 amide bonds. The Morgan fingerprint density at radius 2 is 1.56 bits per heavy atom. The number of hydrazone groups is 1. The Balaban J connectivity index is 2.27.